The molecule has 0 atom stereocenters. The summed E-state index contributed by atoms with van der Waals surface area (Å²) >= 11 is 1.38. The highest BCUT2D eigenvalue weighted by atomic mass is 32.1. The van der Waals surface area contributed by atoms with Gasteiger partial charge in [0.1, 0.15) is 4.70 Å². The van der Waals surface area contributed by atoms with Crippen molar-refractivity contribution in [2.24, 2.45) is 5.92 Å². The first-order valence-corrected chi connectivity index (χ1v) is 12.0. The molecule has 1 aromatic carbocycles. The van der Waals surface area contributed by atoms with E-state index in [2.05, 4.69) is 53.9 Å². The van der Waals surface area contributed by atoms with Crippen molar-refractivity contribution in [3.63, 3.8) is 0 Å². The van der Waals surface area contributed by atoms with Gasteiger partial charge in [0.2, 0.25) is 5.88 Å². The van der Waals surface area contributed by atoms with Crippen LogP contribution in [0.1, 0.15) is 25.0 Å². The smallest absolute Gasteiger partial charge is 0.269 e. The van der Waals surface area contributed by atoms with Gasteiger partial charge in [0.05, 0.1) is 12.1 Å². The van der Waals surface area contributed by atoms with Crippen molar-refractivity contribution in [3.8, 4) is 28.7 Å². The van der Waals surface area contributed by atoms with E-state index in [1.165, 1.54) is 16.9 Å². The Morgan fingerprint density at radius 1 is 1.18 bits per heavy atom. The van der Waals surface area contributed by atoms with Crippen molar-refractivity contribution in [2.75, 3.05) is 6.61 Å². The standard InChI is InChI=1S/C26H25N5O2S/c1-16(2)14-33-21-8-7-19(12-28-21)20-15-34-23-22(20)29-24(30-26(23)32)25-27-9-10-31(25)13-18-6-4-5-17(3)11-18/h4-12,15-16H,13-14H2,1-3H3,(H,29,30,32). The largest absolute Gasteiger partial charge is 0.477 e. The van der Waals surface area contributed by atoms with E-state index in [4.69, 9.17) is 9.72 Å². The number of rotatable bonds is 7. The van der Waals surface area contributed by atoms with Gasteiger partial charge in [0.15, 0.2) is 11.6 Å². The molecular weight excluding hydrogens is 446 g/mol. The summed E-state index contributed by atoms with van der Waals surface area (Å²) in [6, 6.07) is 12.1. The lowest BCUT2D eigenvalue weighted by atomic mass is 10.1. The molecule has 0 saturated heterocycles. The summed E-state index contributed by atoms with van der Waals surface area (Å²) in [6.45, 7) is 7.51. The van der Waals surface area contributed by atoms with Crippen LogP contribution in [0.5, 0.6) is 5.88 Å². The Balaban J connectivity index is 1.50. The number of hydrogen-bond acceptors (Lipinski definition) is 6. The lowest BCUT2D eigenvalue weighted by Crippen LogP contribution is -2.11. The molecule has 172 valence electrons. The van der Waals surface area contributed by atoms with E-state index in [1.807, 2.05) is 34.3 Å². The molecule has 0 fully saturated rings. The summed E-state index contributed by atoms with van der Waals surface area (Å²) in [5.74, 6) is 2.07. The third kappa shape index (κ3) is 4.49. The Labute approximate surface area is 201 Å². The number of nitrogens with one attached hydrogen (secondary N) is 1. The fourth-order valence-electron chi connectivity index (χ4n) is 3.78. The van der Waals surface area contributed by atoms with Gasteiger partial charge < -0.3 is 14.3 Å². The molecule has 0 aliphatic carbocycles. The lowest BCUT2D eigenvalue weighted by Gasteiger charge is -2.09. The van der Waals surface area contributed by atoms with Crippen LogP contribution in [0.15, 0.2) is 65.2 Å². The van der Waals surface area contributed by atoms with Crippen LogP contribution in [0.4, 0.5) is 0 Å². The number of benzene rings is 1. The first-order valence-electron chi connectivity index (χ1n) is 11.2. The topological polar surface area (TPSA) is 85.7 Å². The van der Waals surface area contributed by atoms with E-state index in [9.17, 15) is 4.79 Å². The molecule has 5 aromatic rings. The number of aryl methyl sites for hydroxylation is 1. The Hall–Kier alpha value is -3.78. The Bertz CT molecular complexity index is 1500. The SMILES string of the molecule is Cc1cccc(Cn2ccnc2-c2nc3c(-c4ccc(OCC(C)C)nc4)csc3c(=O)[nH]2)c1. The Morgan fingerprint density at radius 2 is 2.06 bits per heavy atom. The number of aromatic nitrogens is 5. The molecule has 5 rings (SSSR count). The molecule has 4 aromatic heterocycles. The minimum Gasteiger partial charge on any atom is -0.477 e. The maximum absolute atomic E-state index is 12.9. The maximum Gasteiger partial charge on any atom is 0.269 e. The molecule has 4 heterocycles. The molecule has 0 bridgehead atoms. The van der Waals surface area contributed by atoms with E-state index in [0.717, 1.165) is 16.7 Å². The van der Waals surface area contributed by atoms with Gasteiger partial charge in [0.25, 0.3) is 5.56 Å². The fraction of sp³-hybridized carbons (Fsp3) is 0.231. The van der Waals surface area contributed by atoms with Crippen LogP contribution in [-0.2, 0) is 6.54 Å². The first-order chi connectivity index (χ1) is 16.5. The van der Waals surface area contributed by atoms with Gasteiger partial charge in [-0.2, -0.15) is 0 Å². The number of thiophene rings is 1. The van der Waals surface area contributed by atoms with Gasteiger partial charge in [-0.15, -0.1) is 11.3 Å². The number of pyridine rings is 1. The summed E-state index contributed by atoms with van der Waals surface area (Å²) in [7, 11) is 0. The predicted octanol–water partition coefficient (Wildman–Crippen LogP) is 5.30. The molecule has 0 amide bonds. The van der Waals surface area contributed by atoms with E-state index in [0.29, 0.717) is 46.8 Å². The van der Waals surface area contributed by atoms with Crippen LogP contribution in [0.2, 0.25) is 0 Å². The minimum atomic E-state index is -0.175. The van der Waals surface area contributed by atoms with Crippen LogP contribution in [0.25, 0.3) is 33.0 Å². The molecule has 0 unspecified atom stereocenters. The zero-order valence-electron chi connectivity index (χ0n) is 19.3. The van der Waals surface area contributed by atoms with Crippen molar-refractivity contribution in [3.05, 3.63) is 81.8 Å². The summed E-state index contributed by atoms with van der Waals surface area (Å²) in [6.07, 6.45) is 5.39. The zero-order chi connectivity index (χ0) is 23.7. The van der Waals surface area contributed by atoms with Crippen LogP contribution >= 0.6 is 11.3 Å². The van der Waals surface area contributed by atoms with Crippen molar-refractivity contribution in [2.45, 2.75) is 27.3 Å². The third-order valence-electron chi connectivity index (χ3n) is 5.40. The molecule has 7 nitrogen and oxygen atoms in total. The number of hydrogen-bond donors (Lipinski definition) is 1. The second kappa shape index (κ2) is 9.23. The molecule has 34 heavy (non-hydrogen) atoms. The summed E-state index contributed by atoms with van der Waals surface area (Å²) in [5.41, 5.74) is 4.58. The second-order valence-electron chi connectivity index (χ2n) is 8.70. The van der Waals surface area contributed by atoms with E-state index >= 15 is 0 Å². The van der Waals surface area contributed by atoms with Gasteiger partial charge >= 0.3 is 0 Å². The predicted molar refractivity (Wildman–Crippen MR) is 135 cm³/mol. The number of imidazole rings is 1. The number of aromatic amines is 1. The van der Waals surface area contributed by atoms with Gasteiger partial charge in [-0.25, -0.2) is 15.0 Å². The maximum atomic E-state index is 12.9. The molecule has 0 spiro atoms. The molecule has 0 saturated carbocycles. The number of ether oxygens (including phenoxy) is 1. The van der Waals surface area contributed by atoms with Crippen LogP contribution in [-0.4, -0.2) is 31.1 Å². The van der Waals surface area contributed by atoms with Crippen molar-refractivity contribution < 1.29 is 4.74 Å². The molecule has 0 aliphatic heterocycles. The molecule has 8 heteroatoms. The third-order valence-corrected chi connectivity index (χ3v) is 6.37. The monoisotopic (exact) mass is 471 g/mol. The summed E-state index contributed by atoms with van der Waals surface area (Å²) < 4.78 is 8.27. The lowest BCUT2D eigenvalue weighted by molar-refractivity contribution is 0.261. The highest BCUT2D eigenvalue weighted by Crippen LogP contribution is 2.32. The zero-order valence-corrected chi connectivity index (χ0v) is 20.1. The van der Waals surface area contributed by atoms with Crippen LogP contribution < -0.4 is 10.3 Å². The van der Waals surface area contributed by atoms with Crippen molar-refractivity contribution in [1.29, 1.82) is 0 Å². The average Bonchev–Trinajstić information content (AvgIpc) is 3.45. The molecule has 1 N–H and O–H groups in total. The normalized spacial score (nSPS) is 11.4. The van der Waals surface area contributed by atoms with Crippen LogP contribution in [0, 0.1) is 12.8 Å². The highest BCUT2D eigenvalue weighted by molar-refractivity contribution is 7.17. The molecule has 0 aliphatic rings. The van der Waals surface area contributed by atoms with Gasteiger partial charge in [0, 0.05) is 47.7 Å². The number of fused-ring (bicyclic) bond motifs is 1. The number of H-pyrrole nitrogens is 1. The molecular formula is C26H25N5O2S. The summed E-state index contributed by atoms with van der Waals surface area (Å²) in [5, 5.41) is 1.95. The Morgan fingerprint density at radius 3 is 2.82 bits per heavy atom. The van der Waals surface area contributed by atoms with E-state index in [1.54, 1.807) is 12.4 Å². The van der Waals surface area contributed by atoms with Crippen LogP contribution in [0.3, 0.4) is 0 Å². The van der Waals surface area contributed by atoms with E-state index < -0.39 is 0 Å². The van der Waals surface area contributed by atoms with Gasteiger partial charge in [-0.05, 0) is 24.5 Å². The van der Waals surface area contributed by atoms with Crippen molar-refractivity contribution >= 4 is 21.6 Å². The van der Waals surface area contributed by atoms with Gasteiger partial charge in [-0.3, -0.25) is 4.79 Å². The molecule has 0 radical (unpaired) electrons. The highest BCUT2D eigenvalue weighted by Gasteiger charge is 2.16. The second-order valence-corrected chi connectivity index (χ2v) is 9.58. The quantitative estimate of drug-likeness (QED) is 0.348. The average molecular weight is 472 g/mol. The first kappa shape index (κ1) is 22.0. The minimum absolute atomic E-state index is 0.175. The Kier molecular flexibility index (Phi) is 5.98. The fourth-order valence-corrected chi connectivity index (χ4v) is 4.69. The summed E-state index contributed by atoms with van der Waals surface area (Å²) in [4.78, 5) is 29.6. The van der Waals surface area contributed by atoms with Gasteiger partial charge in [-0.1, -0.05) is 43.7 Å². The number of nitrogens with zero attached hydrogens (tertiary/aromatic N) is 4. The van der Waals surface area contributed by atoms with E-state index in [-0.39, 0.29) is 5.56 Å². The van der Waals surface area contributed by atoms with Crippen molar-refractivity contribution in [1.82, 2.24) is 24.5 Å².